The molecule has 122 valence electrons. The molecule has 0 saturated carbocycles. The molecule has 24 heavy (non-hydrogen) atoms. The molecule has 1 aromatic carbocycles. The average molecular weight is 470 g/mol. The van der Waals surface area contributed by atoms with Crippen molar-refractivity contribution in [2.24, 2.45) is 14.1 Å². The van der Waals surface area contributed by atoms with Crippen LogP contribution in [0.3, 0.4) is 0 Å². The maximum Gasteiger partial charge on any atom is 0.332 e. The van der Waals surface area contributed by atoms with Gasteiger partial charge in [-0.25, -0.2) is 4.79 Å². The Hall–Kier alpha value is -1.71. The molecule has 4 rings (SSSR count). The van der Waals surface area contributed by atoms with Crippen LogP contribution in [0.1, 0.15) is 0 Å². The second-order valence-electron chi connectivity index (χ2n) is 5.34. The minimum Gasteiger partial charge on any atom is -0.279 e. The van der Waals surface area contributed by atoms with Crippen molar-refractivity contribution in [1.29, 1.82) is 0 Å². The Morgan fingerprint density at radius 2 is 1.71 bits per heavy atom. The lowest BCUT2D eigenvalue weighted by atomic mass is 10.2. The summed E-state index contributed by atoms with van der Waals surface area (Å²) in [6.07, 6.45) is 0. The van der Waals surface area contributed by atoms with Gasteiger partial charge >= 0.3 is 5.69 Å². The highest BCUT2D eigenvalue weighted by Gasteiger charge is 2.21. The van der Waals surface area contributed by atoms with E-state index in [9.17, 15) is 9.59 Å². The summed E-state index contributed by atoms with van der Waals surface area (Å²) in [5, 5.41) is 0. The quantitative estimate of drug-likeness (QED) is 0.430. The van der Waals surface area contributed by atoms with Gasteiger partial charge in [-0.3, -0.25) is 18.3 Å². The fraction of sp³-hybridized carbons (Fsp3) is 0.133. The average Bonchev–Trinajstić information content (AvgIpc) is 3.06. The van der Waals surface area contributed by atoms with Crippen molar-refractivity contribution in [3.8, 4) is 11.3 Å². The van der Waals surface area contributed by atoms with Crippen LogP contribution in [0.2, 0.25) is 0 Å². The number of hydrogen-bond acceptors (Lipinski definition) is 4. The zero-order valence-corrected chi connectivity index (χ0v) is 16.6. The maximum absolute atomic E-state index is 12.7. The number of hydrogen-bond donors (Lipinski definition) is 0. The number of rotatable bonds is 1. The summed E-state index contributed by atoms with van der Waals surface area (Å²) in [6.45, 7) is 0. The molecular weight excluding hydrogens is 460 g/mol. The lowest BCUT2D eigenvalue weighted by Crippen LogP contribution is -2.37. The molecule has 0 unspecified atom stereocenters. The Kier molecular flexibility index (Phi) is 3.55. The highest BCUT2D eigenvalue weighted by Crippen LogP contribution is 2.37. The van der Waals surface area contributed by atoms with E-state index in [-0.39, 0.29) is 11.2 Å². The molecule has 0 saturated heterocycles. The van der Waals surface area contributed by atoms with Gasteiger partial charge in [-0.15, -0.1) is 0 Å². The van der Waals surface area contributed by atoms with Crippen LogP contribution in [-0.2, 0) is 14.1 Å². The highest BCUT2D eigenvalue weighted by molar-refractivity contribution is 9.11. The Labute approximate surface area is 156 Å². The highest BCUT2D eigenvalue weighted by atomic mass is 79.9. The Morgan fingerprint density at radius 3 is 2.38 bits per heavy atom. The van der Waals surface area contributed by atoms with Crippen molar-refractivity contribution in [3.05, 3.63) is 53.4 Å². The number of aryl methyl sites for hydroxylation is 1. The maximum atomic E-state index is 12.7. The third-order valence-electron chi connectivity index (χ3n) is 3.94. The zero-order chi connectivity index (χ0) is 17.2. The fourth-order valence-electron chi connectivity index (χ4n) is 2.72. The molecule has 0 bridgehead atoms. The normalized spacial score (nSPS) is 11.7. The number of nitrogens with zero attached hydrogens (tertiary/aromatic N) is 4. The predicted octanol–water partition coefficient (Wildman–Crippen LogP) is 3.14. The third kappa shape index (κ3) is 2.08. The van der Waals surface area contributed by atoms with Crippen molar-refractivity contribution < 1.29 is 0 Å². The molecule has 9 heteroatoms. The number of fused-ring (bicyclic) bond motifs is 3. The summed E-state index contributed by atoms with van der Waals surface area (Å²) in [7, 11) is 3.10. The fourth-order valence-corrected chi connectivity index (χ4v) is 4.70. The van der Waals surface area contributed by atoms with Gasteiger partial charge in [-0.1, -0.05) is 39.4 Å². The molecule has 0 aliphatic heterocycles. The van der Waals surface area contributed by atoms with Crippen molar-refractivity contribution >= 4 is 59.3 Å². The Balaban J connectivity index is 2.23. The number of benzene rings is 1. The zero-order valence-electron chi connectivity index (χ0n) is 12.6. The van der Waals surface area contributed by atoms with Crippen LogP contribution in [-0.4, -0.2) is 18.5 Å². The van der Waals surface area contributed by atoms with E-state index in [1.54, 1.807) is 7.05 Å². The summed E-state index contributed by atoms with van der Waals surface area (Å²) in [4.78, 5) is 30.0. The minimum absolute atomic E-state index is 0.357. The van der Waals surface area contributed by atoms with E-state index in [1.807, 2.05) is 28.7 Å². The summed E-state index contributed by atoms with van der Waals surface area (Å²) in [6, 6.07) is 7.82. The topological polar surface area (TPSA) is 61.3 Å². The van der Waals surface area contributed by atoms with E-state index >= 15 is 0 Å². The molecule has 0 fully saturated rings. The predicted molar refractivity (Wildman–Crippen MR) is 102 cm³/mol. The van der Waals surface area contributed by atoms with Gasteiger partial charge < -0.3 is 0 Å². The molecule has 4 aromatic rings. The molecule has 0 radical (unpaired) electrons. The minimum atomic E-state index is -0.387. The van der Waals surface area contributed by atoms with E-state index in [1.165, 1.54) is 23.0 Å². The molecule has 0 N–H and O–H groups in total. The Morgan fingerprint density at radius 1 is 1.04 bits per heavy atom. The summed E-state index contributed by atoms with van der Waals surface area (Å²) >= 11 is 8.43. The molecule has 6 nitrogen and oxygen atoms in total. The molecule has 0 atom stereocenters. The smallest absolute Gasteiger partial charge is 0.279 e. The van der Waals surface area contributed by atoms with Gasteiger partial charge in [0.1, 0.15) is 0 Å². The standard InChI is InChI=1S/C15H10Br2N4O2S/c1-19-12-10(13(22)20(2)15(19)23)21-9(11(17)24-14(21)18-12)7-3-5-8(16)6-4-7/h3-6H,1-2H3. The number of halogens is 2. The molecule has 0 amide bonds. The molecule has 0 aliphatic carbocycles. The van der Waals surface area contributed by atoms with Crippen LogP contribution in [0.25, 0.3) is 27.4 Å². The lowest BCUT2D eigenvalue weighted by Gasteiger charge is -2.05. The van der Waals surface area contributed by atoms with Crippen molar-refractivity contribution in [3.63, 3.8) is 0 Å². The van der Waals surface area contributed by atoms with Crippen LogP contribution in [0.15, 0.2) is 42.1 Å². The van der Waals surface area contributed by atoms with Crippen LogP contribution in [0, 0.1) is 0 Å². The molecular formula is C15H10Br2N4O2S. The summed E-state index contributed by atoms with van der Waals surface area (Å²) < 4.78 is 6.17. The number of imidazole rings is 1. The van der Waals surface area contributed by atoms with Crippen LogP contribution in [0.5, 0.6) is 0 Å². The molecule has 0 aliphatic rings. The van der Waals surface area contributed by atoms with Crippen LogP contribution in [0.4, 0.5) is 0 Å². The van der Waals surface area contributed by atoms with Gasteiger partial charge in [-0.05, 0) is 28.1 Å². The van der Waals surface area contributed by atoms with Gasteiger partial charge in [0.2, 0.25) is 0 Å². The number of aromatic nitrogens is 4. The van der Waals surface area contributed by atoms with Gasteiger partial charge in [-0.2, -0.15) is 4.98 Å². The summed E-state index contributed by atoms with van der Waals surface area (Å²) in [5.41, 5.74) is 1.84. The first-order chi connectivity index (χ1) is 11.4. The first kappa shape index (κ1) is 15.8. The van der Waals surface area contributed by atoms with Gasteiger partial charge in [0, 0.05) is 24.1 Å². The third-order valence-corrected chi connectivity index (χ3v) is 6.15. The van der Waals surface area contributed by atoms with E-state index in [4.69, 9.17) is 0 Å². The van der Waals surface area contributed by atoms with Crippen LogP contribution < -0.4 is 11.2 Å². The summed E-state index contributed by atoms with van der Waals surface area (Å²) in [5.74, 6) is 0. The Bertz CT molecular complexity index is 1230. The second-order valence-corrected chi connectivity index (χ2v) is 8.55. The van der Waals surface area contributed by atoms with Crippen molar-refractivity contribution in [2.45, 2.75) is 0 Å². The number of thiazole rings is 1. The largest absolute Gasteiger partial charge is 0.332 e. The van der Waals surface area contributed by atoms with E-state index in [0.717, 1.165) is 24.1 Å². The van der Waals surface area contributed by atoms with Gasteiger partial charge in [0.15, 0.2) is 16.1 Å². The van der Waals surface area contributed by atoms with Gasteiger partial charge in [0.25, 0.3) is 5.56 Å². The van der Waals surface area contributed by atoms with Crippen LogP contribution >= 0.6 is 43.2 Å². The first-order valence-electron chi connectivity index (χ1n) is 6.92. The SMILES string of the molecule is Cn1c(=O)c2c(nc3sc(Br)c(-c4ccc(Br)cc4)n32)n(C)c1=O. The first-order valence-corrected chi connectivity index (χ1v) is 9.33. The molecule has 0 spiro atoms. The van der Waals surface area contributed by atoms with E-state index < -0.39 is 0 Å². The molecule has 3 heterocycles. The van der Waals surface area contributed by atoms with Crippen molar-refractivity contribution in [1.82, 2.24) is 18.5 Å². The lowest BCUT2D eigenvalue weighted by molar-refractivity contribution is 0.708. The monoisotopic (exact) mass is 468 g/mol. The van der Waals surface area contributed by atoms with E-state index in [2.05, 4.69) is 36.8 Å². The van der Waals surface area contributed by atoms with Crippen molar-refractivity contribution in [2.75, 3.05) is 0 Å². The second kappa shape index (κ2) is 5.40. The van der Waals surface area contributed by atoms with E-state index in [0.29, 0.717) is 16.1 Å². The molecule has 3 aromatic heterocycles. The van der Waals surface area contributed by atoms with Gasteiger partial charge in [0.05, 0.1) is 9.48 Å².